The van der Waals surface area contributed by atoms with E-state index in [4.69, 9.17) is 0 Å². The van der Waals surface area contributed by atoms with Crippen LogP contribution in [0.5, 0.6) is 0 Å². The molecule has 78 heavy (non-hydrogen) atoms. The van der Waals surface area contributed by atoms with Crippen LogP contribution in [0.15, 0.2) is 218 Å². The fraction of sp³-hybridized carbons (Fsp3) is 0.167. The summed E-state index contributed by atoms with van der Waals surface area (Å²) >= 11 is 0. The van der Waals surface area contributed by atoms with Gasteiger partial charge in [0.05, 0.1) is 0 Å². The minimum atomic E-state index is -2.26. The van der Waals surface area contributed by atoms with E-state index in [0.29, 0.717) is 0 Å². The molecule has 3 heterocycles. The van der Waals surface area contributed by atoms with Crippen LogP contribution in [0.25, 0.3) is 66.8 Å². The fourth-order valence-electron chi connectivity index (χ4n) is 14.9. The zero-order chi connectivity index (χ0) is 54.3. The van der Waals surface area contributed by atoms with Gasteiger partial charge in [0.25, 0.3) is 0 Å². The lowest BCUT2D eigenvalue weighted by Crippen LogP contribution is -2.69. The van der Waals surface area contributed by atoms with Gasteiger partial charge >= 0.3 is 0 Å². The largest absolute Gasteiger partial charge is 0.112 e. The highest BCUT2D eigenvalue weighted by Gasteiger charge is 2.44. The predicted octanol–water partition coefficient (Wildman–Crippen LogP) is 11.6. The van der Waals surface area contributed by atoms with E-state index >= 15 is 0 Å². The van der Waals surface area contributed by atoms with Crippen molar-refractivity contribution in [3.8, 4) is 66.8 Å². The summed E-state index contributed by atoms with van der Waals surface area (Å²) in [5, 5.41) is 18.7. The molecule has 10 aromatic carbocycles. The van der Waals surface area contributed by atoms with Crippen LogP contribution in [-0.4, -0.2) is 48.4 Å². The molecule has 3 aliphatic heterocycles. The second-order valence-corrected chi connectivity index (χ2v) is 52.1. The molecule has 10 aromatic rings. The van der Waals surface area contributed by atoms with E-state index in [9.17, 15) is 0 Å². The fourth-order valence-corrected chi connectivity index (χ4v) is 38.3. The standard InChI is InChI=1S/C72H72Si6/c1-73(2)61-31-19-13-25-55(61)58-28-16-22-34-64(58)76(7,8)70-46-49(37-40-67(70)73)52-43-53(50-38-41-68-71(47-50)77(9,10)65-35-23-17-29-59(65)56-26-14-20-32-62(56)74(68,3)4)45-54(44-52)51-39-42-69-72(48-51)78(11,12)66-36-24-18-30-60(66)57-27-15-21-33-63(57)75(69,5)6/h13-48H,1-12H3. The monoisotopic (exact) mass is 1100 g/mol. The van der Waals surface area contributed by atoms with Crippen molar-refractivity contribution in [3.63, 3.8) is 0 Å². The molecule has 0 N–H and O–H groups in total. The first-order valence-corrected chi connectivity index (χ1v) is 46.4. The third-order valence-corrected chi connectivity index (χ3v) is 41.6. The molecule has 0 atom stereocenters. The van der Waals surface area contributed by atoms with Gasteiger partial charge in [-0.15, -0.1) is 0 Å². The van der Waals surface area contributed by atoms with E-state index in [1.165, 1.54) is 97.9 Å². The molecule has 13 rings (SSSR count). The van der Waals surface area contributed by atoms with Gasteiger partial charge in [-0.25, -0.2) is 0 Å². The van der Waals surface area contributed by atoms with Gasteiger partial charge in [-0.05, 0) is 116 Å². The van der Waals surface area contributed by atoms with Crippen molar-refractivity contribution < 1.29 is 0 Å². The first-order chi connectivity index (χ1) is 37.2. The number of benzene rings is 10. The Hall–Kier alpha value is -6.50. The van der Waals surface area contributed by atoms with Gasteiger partial charge in [0.15, 0.2) is 0 Å². The van der Waals surface area contributed by atoms with Crippen molar-refractivity contribution in [1.29, 1.82) is 0 Å². The summed E-state index contributed by atoms with van der Waals surface area (Å²) < 4.78 is 0. The topological polar surface area (TPSA) is 0 Å². The number of hydrogen-bond acceptors (Lipinski definition) is 0. The van der Waals surface area contributed by atoms with Crippen LogP contribution in [0, 0.1) is 0 Å². The SMILES string of the molecule is C[Si]1(C)c2ccccc2-c2ccccc2[Si](C)(C)c2cc(-c3cc(-c4ccc5c(c4)[Si](C)(C)c4ccccc4-c4ccccc4[Si]5(C)C)cc(-c4ccc5c(c4)[Si](C)(C)c4ccccc4-c4ccccc4[Si]5(C)C)c3)ccc21. The van der Waals surface area contributed by atoms with Crippen molar-refractivity contribution in [2.75, 3.05) is 0 Å². The van der Waals surface area contributed by atoms with Crippen LogP contribution in [0.2, 0.25) is 78.6 Å². The van der Waals surface area contributed by atoms with Crippen LogP contribution in [0.3, 0.4) is 0 Å². The summed E-state index contributed by atoms with van der Waals surface area (Å²) in [6.07, 6.45) is 0. The minimum Gasteiger partial charge on any atom is -0.0623 e. The van der Waals surface area contributed by atoms with Crippen LogP contribution >= 0.6 is 0 Å². The maximum atomic E-state index is 2.67. The first kappa shape index (κ1) is 51.0. The van der Waals surface area contributed by atoms with Crippen molar-refractivity contribution in [2.45, 2.75) is 78.6 Å². The first-order valence-electron chi connectivity index (χ1n) is 28.4. The molecule has 0 aliphatic carbocycles. The Labute approximate surface area is 471 Å². The molecule has 0 bridgehead atoms. The molecule has 3 aliphatic rings. The van der Waals surface area contributed by atoms with Crippen LogP contribution in [0.4, 0.5) is 0 Å². The van der Waals surface area contributed by atoms with Gasteiger partial charge in [0.2, 0.25) is 0 Å². The third kappa shape index (κ3) is 7.65. The van der Waals surface area contributed by atoms with Crippen molar-refractivity contribution >= 4 is 111 Å². The van der Waals surface area contributed by atoms with Gasteiger partial charge in [0.1, 0.15) is 48.4 Å². The molecule has 6 heteroatoms. The Balaban J connectivity index is 1.06. The zero-order valence-electron chi connectivity index (χ0n) is 47.8. The molecule has 0 aromatic heterocycles. The number of hydrogen-bond donors (Lipinski definition) is 0. The maximum Gasteiger partial charge on any atom is 0.112 e. The smallest absolute Gasteiger partial charge is 0.0623 e. The van der Waals surface area contributed by atoms with Gasteiger partial charge in [0, 0.05) is 0 Å². The van der Waals surface area contributed by atoms with Gasteiger partial charge in [-0.2, -0.15) is 0 Å². The Morgan fingerprint density at radius 2 is 0.333 bits per heavy atom. The molecule has 0 saturated heterocycles. The van der Waals surface area contributed by atoms with E-state index in [0.717, 1.165) is 0 Å². The number of fused-ring (bicyclic) bond motifs is 12. The van der Waals surface area contributed by atoms with E-state index < -0.39 is 48.4 Å². The average molecular weight is 1110 g/mol. The third-order valence-electron chi connectivity index (χ3n) is 19.5. The van der Waals surface area contributed by atoms with E-state index in [-0.39, 0.29) is 0 Å². The molecule has 0 nitrogen and oxygen atoms in total. The van der Waals surface area contributed by atoms with Crippen molar-refractivity contribution in [2.24, 2.45) is 0 Å². The van der Waals surface area contributed by atoms with Crippen LogP contribution < -0.4 is 62.2 Å². The highest BCUT2D eigenvalue weighted by Crippen LogP contribution is 2.36. The summed E-state index contributed by atoms with van der Waals surface area (Å²) in [6, 6.07) is 87.0. The van der Waals surface area contributed by atoms with Crippen LogP contribution in [-0.2, 0) is 0 Å². The van der Waals surface area contributed by atoms with Gasteiger partial charge < -0.3 is 0 Å². The Morgan fingerprint density at radius 3 is 0.538 bits per heavy atom. The van der Waals surface area contributed by atoms with Crippen molar-refractivity contribution in [3.05, 3.63) is 218 Å². The lowest BCUT2D eigenvalue weighted by molar-refractivity contribution is 1.56. The molecule has 0 saturated carbocycles. The lowest BCUT2D eigenvalue weighted by atomic mass is 9.93. The van der Waals surface area contributed by atoms with Crippen LogP contribution in [0.1, 0.15) is 0 Å². The second kappa shape index (κ2) is 18.0. The lowest BCUT2D eigenvalue weighted by Gasteiger charge is -2.39. The average Bonchev–Trinajstić information content (AvgIpc) is 3.66. The highest BCUT2D eigenvalue weighted by atomic mass is 28.3. The molecular weight excluding hydrogens is 1030 g/mol. The Bertz CT molecular complexity index is 3680. The molecule has 0 amide bonds. The second-order valence-electron chi connectivity index (χ2n) is 26.1. The van der Waals surface area contributed by atoms with E-state index in [1.807, 2.05) is 0 Å². The molecule has 384 valence electrons. The Kier molecular flexibility index (Phi) is 11.8. The summed E-state index contributed by atoms with van der Waals surface area (Å²) in [7, 11) is -13.3. The minimum absolute atomic E-state index is 1.29. The van der Waals surface area contributed by atoms with Gasteiger partial charge in [-0.3, -0.25) is 0 Å². The highest BCUT2D eigenvalue weighted by molar-refractivity contribution is 7.12. The van der Waals surface area contributed by atoms with Crippen molar-refractivity contribution in [1.82, 2.24) is 0 Å². The summed E-state index contributed by atoms with van der Waals surface area (Å²) in [5.41, 5.74) is 16.4. The number of rotatable bonds is 3. The summed E-state index contributed by atoms with van der Waals surface area (Å²) in [6.45, 7) is 31.3. The maximum absolute atomic E-state index is 2.67. The molecule has 0 spiro atoms. The molecule has 0 unspecified atom stereocenters. The summed E-state index contributed by atoms with van der Waals surface area (Å²) in [5.74, 6) is 0. The Morgan fingerprint density at radius 1 is 0.154 bits per heavy atom. The molecular formula is C72H72Si6. The van der Waals surface area contributed by atoms with E-state index in [2.05, 4.69) is 297 Å². The predicted molar refractivity (Wildman–Crippen MR) is 359 cm³/mol. The van der Waals surface area contributed by atoms with Gasteiger partial charge in [-0.1, -0.05) is 310 Å². The molecule has 0 fully saturated rings. The quantitative estimate of drug-likeness (QED) is 0.155. The normalized spacial score (nSPS) is 17.1. The zero-order valence-corrected chi connectivity index (χ0v) is 53.8. The van der Waals surface area contributed by atoms with E-state index in [1.54, 1.807) is 31.1 Å². The molecule has 0 radical (unpaired) electrons. The summed E-state index contributed by atoms with van der Waals surface area (Å²) in [4.78, 5) is 0.